The summed E-state index contributed by atoms with van der Waals surface area (Å²) in [4.78, 5) is 29.6. The van der Waals surface area contributed by atoms with Gasteiger partial charge in [-0.05, 0) is 68.8 Å². The van der Waals surface area contributed by atoms with Crippen LogP contribution in [-0.2, 0) is 9.59 Å². The first-order chi connectivity index (χ1) is 18.2. The molecule has 4 rings (SSSR count). The molecular formula is C29H27ClF2N2O4. The van der Waals surface area contributed by atoms with Gasteiger partial charge < -0.3 is 14.7 Å². The summed E-state index contributed by atoms with van der Waals surface area (Å²) in [6.45, 7) is 7.64. The maximum atomic E-state index is 14.9. The number of ether oxygens (including phenoxy) is 1. The van der Waals surface area contributed by atoms with Crippen LogP contribution in [0.1, 0.15) is 37.9 Å². The van der Waals surface area contributed by atoms with Crippen molar-refractivity contribution in [3.05, 3.63) is 94.0 Å². The molecule has 9 heteroatoms. The summed E-state index contributed by atoms with van der Waals surface area (Å²) in [6.07, 6.45) is 0. The smallest absolute Gasteiger partial charge is 0.300 e. The highest BCUT2D eigenvalue weighted by Crippen LogP contribution is 2.44. The normalized spacial score (nSPS) is 16.7. The third-order valence-electron chi connectivity index (χ3n) is 6.45. The maximum absolute atomic E-state index is 14.9. The van der Waals surface area contributed by atoms with Crippen molar-refractivity contribution in [3.63, 3.8) is 0 Å². The van der Waals surface area contributed by atoms with E-state index in [4.69, 9.17) is 16.3 Å². The minimum Gasteiger partial charge on any atom is -0.507 e. The molecule has 6 nitrogen and oxygen atoms in total. The number of hydrogen-bond donors (Lipinski definition) is 1. The molecule has 198 valence electrons. The number of rotatable bonds is 8. The Balaban J connectivity index is 1.93. The Bertz CT molecular complexity index is 1400. The first kappa shape index (κ1) is 27.1. The Kier molecular flexibility index (Phi) is 8.02. The van der Waals surface area contributed by atoms with Crippen LogP contribution < -0.4 is 14.5 Å². The molecule has 3 aromatic rings. The fourth-order valence-electron chi connectivity index (χ4n) is 4.60. The van der Waals surface area contributed by atoms with E-state index in [-0.39, 0.29) is 16.9 Å². The van der Waals surface area contributed by atoms with Gasteiger partial charge in [-0.1, -0.05) is 23.7 Å². The van der Waals surface area contributed by atoms with Crippen LogP contribution in [0.5, 0.6) is 5.75 Å². The number of benzene rings is 3. The van der Waals surface area contributed by atoms with Gasteiger partial charge in [0.05, 0.1) is 28.9 Å². The maximum Gasteiger partial charge on any atom is 0.300 e. The van der Waals surface area contributed by atoms with Crippen molar-refractivity contribution in [3.8, 4) is 5.75 Å². The van der Waals surface area contributed by atoms with E-state index >= 15 is 0 Å². The Morgan fingerprint density at radius 3 is 2.32 bits per heavy atom. The molecule has 0 radical (unpaired) electrons. The molecule has 38 heavy (non-hydrogen) atoms. The number of aliphatic hydroxyl groups excluding tert-OH is 1. The molecule has 0 aromatic heterocycles. The lowest BCUT2D eigenvalue weighted by molar-refractivity contribution is -0.132. The number of hydrogen-bond acceptors (Lipinski definition) is 5. The van der Waals surface area contributed by atoms with E-state index < -0.39 is 40.8 Å². The van der Waals surface area contributed by atoms with E-state index in [0.29, 0.717) is 17.2 Å². The number of aliphatic hydroxyl groups is 1. The highest BCUT2D eigenvalue weighted by molar-refractivity contribution is 6.51. The number of anilines is 2. The van der Waals surface area contributed by atoms with Crippen LogP contribution in [0.3, 0.4) is 0 Å². The molecule has 1 aliphatic heterocycles. The van der Waals surface area contributed by atoms with Gasteiger partial charge in [0.2, 0.25) is 0 Å². The van der Waals surface area contributed by atoms with Crippen molar-refractivity contribution >= 4 is 40.4 Å². The molecule has 1 fully saturated rings. The zero-order valence-corrected chi connectivity index (χ0v) is 21.9. The summed E-state index contributed by atoms with van der Waals surface area (Å²) < 4.78 is 34.6. The van der Waals surface area contributed by atoms with E-state index in [1.807, 2.05) is 26.0 Å². The van der Waals surface area contributed by atoms with Crippen molar-refractivity contribution in [1.82, 2.24) is 0 Å². The Hall–Kier alpha value is -3.91. The molecule has 1 aliphatic rings. The number of carbonyl (C=O) groups excluding carboxylic acids is 2. The minimum atomic E-state index is -1.22. The molecule has 1 unspecified atom stereocenters. The number of carbonyl (C=O) groups is 2. The molecule has 1 heterocycles. The zero-order chi connectivity index (χ0) is 27.6. The molecule has 1 N–H and O–H groups in total. The molecule has 0 bridgehead atoms. The minimum absolute atomic E-state index is 0.181. The highest BCUT2D eigenvalue weighted by Gasteiger charge is 2.48. The molecule has 1 saturated heterocycles. The molecule has 3 aromatic carbocycles. The topological polar surface area (TPSA) is 70.1 Å². The molecule has 0 spiro atoms. The van der Waals surface area contributed by atoms with Gasteiger partial charge in [-0.3, -0.25) is 14.5 Å². The van der Waals surface area contributed by atoms with Gasteiger partial charge in [0, 0.05) is 30.4 Å². The quantitative estimate of drug-likeness (QED) is 0.201. The lowest BCUT2D eigenvalue weighted by atomic mass is 9.94. The first-order valence-corrected chi connectivity index (χ1v) is 12.6. The largest absolute Gasteiger partial charge is 0.507 e. The monoisotopic (exact) mass is 540 g/mol. The highest BCUT2D eigenvalue weighted by atomic mass is 35.5. The summed E-state index contributed by atoms with van der Waals surface area (Å²) >= 11 is 6.18. The van der Waals surface area contributed by atoms with Crippen molar-refractivity contribution in [1.29, 1.82) is 0 Å². The van der Waals surface area contributed by atoms with Gasteiger partial charge in [0.15, 0.2) is 0 Å². The van der Waals surface area contributed by atoms with Crippen LogP contribution in [0.2, 0.25) is 5.02 Å². The van der Waals surface area contributed by atoms with Crippen LogP contribution in [-0.4, -0.2) is 36.5 Å². The van der Waals surface area contributed by atoms with E-state index in [1.165, 1.54) is 18.2 Å². The third kappa shape index (κ3) is 4.96. The second kappa shape index (κ2) is 11.2. The number of amides is 1. The number of ketones is 1. The van der Waals surface area contributed by atoms with Gasteiger partial charge in [0.25, 0.3) is 11.7 Å². The summed E-state index contributed by atoms with van der Waals surface area (Å²) in [5.74, 6) is -3.99. The van der Waals surface area contributed by atoms with E-state index in [0.717, 1.165) is 41.9 Å². The van der Waals surface area contributed by atoms with Crippen LogP contribution in [0.4, 0.5) is 20.2 Å². The average molecular weight is 541 g/mol. The predicted octanol–water partition coefficient (Wildman–Crippen LogP) is 6.49. The standard InChI is InChI=1S/C29H27ClF2N2O4/c1-4-33(5-2)20-11-7-17(8-12-20)26-25(27(35)18-9-13-21(30)24(15-18)38-6-3)28(36)29(37)34(26)23-16-19(31)10-14-22(23)32/h7-16,26,35H,4-6H2,1-3H3/b27-25+. The molecule has 1 atom stereocenters. The molecule has 1 amide bonds. The zero-order valence-electron chi connectivity index (χ0n) is 21.2. The van der Waals surface area contributed by atoms with Gasteiger partial charge in [-0.25, -0.2) is 8.78 Å². The Morgan fingerprint density at radius 2 is 1.68 bits per heavy atom. The fraction of sp³-hybridized carbons (Fsp3) is 0.241. The second-order valence-corrected chi connectivity index (χ2v) is 9.01. The first-order valence-electron chi connectivity index (χ1n) is 12.2. The van der Waals surface area contributed by atoms with Crippen molar-refractivity contribution in [2.45, 2.75) is 26.8 Å². The molecule has 0 aliphatic carbocycles. The van der Waals surface area contributed by atoms with Crippen molar-refractivity contribution in [2.75, 3.05) is 29.5 Å². The number of Topliss-reactive ketones (excluding diaryl/α,β-unsaturated/α-hetero) is 1. The van der Waals surface area contributed by atoms with E-state index in [1.54, 1.807) is 19.1 Å². The summed E-state index contributed by atoms with van der Waals surface area (Å²) in [5.41, 5.74) is 0.852. The predicted molar refractivity (Wildman–Crippen MR) is 144 cm³/mol. The number of nitrogens with zero attached hydrogens (tertiary/aromatic N) is 2. The van der Waals surface area contributed by atoms with Gasteiger partial charge in [-0.15, -0.1) is 0 Å². The Labute approximate surface area is 224 Å². The van der Waals surface area contributed by atoms with Crippen LogP contribution in [0.15, 0.2) is 66.2 Å². The number of halogens is 3. The average Bonchev–Trinajstić information content (AvgIpc) is 3.17. The van der Waals surface area contributed by atoms with Gasteiger partial charge in [0.1, 0.15) is 23.1 Å². The lowest BCUT2D eigenvalue weighted by Gasteiger charge is -2.27. The van der Waals surface area contributed by atoms with Crippen LogP contribution in [0.25, 0.3) is 5.76 Å². The van der Waals surface area contributed by atoms with Crippen LogP contribution >= 0.6 is 11.6 Å². The second-order valence-electron chi connectivity index (χ2n) is 8.61. The third-order valence-corrected chi connectivity index (χ3v) is 6.77. The van der Waals surface area contributed by atoms with E-state index in [2.05, 4.69) is 4.90 Å². The Morgan fingerprint density at radius 1 is 1.00 bits per heavy atom. The fourth-order valence-corrected chi connectivity index (χ4v) is 4.77. The van der Waals surface area contributed by atoms with Crippen molar-refractivity contribution < 1.29 is 28.2 Å². The summed E-state index contributed by atoms with van der Waals surface area (Å²) in [7, 11) is 0. The van der Waals surface area contributed by atoms with Gasteiger partial charge >= 0.3 is 0 Å². The molecular weight excluding hydrogens is 514 g/mol. The summed E-state index contributed by atoms with van der Waals surface area (Å²) in [6, 6.07) is 12.9. The summed E-state index contributed by atoms with van der Waals surface area (Å²) in [5, 5.41) is 11.6. The molecule has 0 saturated carbocycles. The SMILES string of the molecule is CCOc1cc(/C(O)=C2\C(=O)C(=O)N(c3cc(F)ccc3F)C2c2ccc(N(CC)CC)cc2)ccc1Cl. The van der Waals surface area contributed by atoms with Gasteiger partial charge in [-0.2, -0.15) is 0 Å². The van der Waals surface area contributed by atoms with Crippen LogP contribution in [0, 0.1) is 11.6 Å². The lowest BCUT2D eigenvalue weighted by Crippen LogP contribution is -2.30. The van der Waals surface area contributed by atoms with E-state index in [9.17, 15) is 23.5 Å². The van der Waals surface area contributed by atoms with Crippen molar-refractivity contribution in [2.24, 2.45) is 0 Å².